The van der Waals surface area contributed by atoms with Crippen molar-refractivity contribution in [2.45, 2.75) is 32.8 Å². The van der Waals surface area contributed by atoms with Crippen molar-refractivity contribution in [1.82, 2.24) is 0 Å². The molecule has 0 heterocycles. The predicted molar refractivity (Wildman–Crippen MR) is 64.7 cm³/mol. The van der Waals surface area contributed by atoms with Crippen molar-refractivity contribution in [2.24, 2.45) is 5.73 Å². The average molecular weight is 235 g/mol. The van der Waals surface area contributed by atoms with Gasteiger partial charge in [-0.1, -0.05) is 12.1 Å². The minimum absolute atomic E-state index is 0.174. The van der Waals surface area contributed by atoms with E-state index < -0.39 is 12.0 Å². The van der Waals surface area contributed by atoms with Crippen LogP contribution >= 0.6 is 0 Å². The molecule has 0 aliphatic rings. The normalized spacial score (nSPS) is 11.9. The highest BCUT2D eigenvalue weighted by atomic mass is 16.5. The van der Waals surface area contributed by atoms with Crippen LogP contribution < -0.4 is 10.5 Å². The van der Waals surface area contributed by atoms with Crippen LogP contribution in [0.4, 0.5) is 0 Å². The topological polar surface area (TPSA) is 69.4 Å². The lowest BCUT2D eigenvalue weighted by Crippen LogP contribution is -2.30. The number of benzene rings is 1. The molecule has 0 bridgehead atoms. The van der Waals surface area contributed by atoms with Crippen molar-refractivity contribution < 1.29 is 14.3 Å². The van der Waals surface area contributed by atoms with Crippen LogP contribution in [0.3, 0.4) is 0 Å². The summed E-state index contributed by atoms with van der Waals surface area (Å²) in [6, 6.07) is 7.31. The molecule has 2 N–H and O–H groups in total. The Morgan fingerprint density at radius 3 is 2.35 bits per heavy atom. The Hall–Kier alpha value is -1.84. The van der Waals surface area contributed by atoms with Crippen LogP contribution in [-0.2, 0) is 16.0 Å². The molecule has 1 rings (SSSR count). The first kappa shape index (κ1) is 13.2. The Kier molecular flexibility index (Phi) is 4.69. The molecule has 0 fully saturated rings. The molecule has 0 saturated carbocycles. The monoisotopic (exact) mass is 235 g/mol. The van der Waals surface area contributed by atoms with Crippen LogP contribution in [0.25, 0.3) is 0 Å². The van der Waals surface area contributed by atoms with E-state index in [0.717, 1.165) is 12.0 Å². The summed E-state index contributed by atoms with van der Waals surface area (Å²) in [5, 5.41) is 0. The average Bonchev–Trinajstić information content (AvgIpc) is 2.28. The van der Waals surface area contributed by atoms with Gasteiger partial charge in [0.1, 0.15) is 11.5 Å². The summed E-state index contributed by atoms with van der Waals surface area (Å²) >= 11 is 0. The van der Waals surface area contributed by atoms with E-state index in [0.29, 0.717) is 12.2 Å². The Morgan fingerprint density at radius 2 is 1.88 bits per heavy atom. The number of amides is 1. The summed E-state index contributed by atoms with van der Waals surface area (Å²) in [5.74, 6) is 0.279. The van der Waals surface area contributed by atoms with Gasteiger partial charge >= 0.3 is 0 Å². The van der Waals surface area contributed by atoms with Gasteiger partial charge in [0.25, 0.3) is 5.91 Å². The number of ketones is 1. The first-order valence-corrected chi connectivity index (χ1v) is 5.53. The van der Waals surface area contributed by atoms with Crippen LogP contribution in [0.1, 0.15) is 25.8 Å². The van der Waals surface area contributed by atoms with Crippen molar-refractivity contribution in [3.05, 3.63) is 29.8 Å². The maximum absolute atomic E-state index is 10.8. The highest BCUT2D eigenvalue weighted by Gasteiger charge is 2.09. The Balaban J connectivity index is 2.55. The highest BCUT2D eigenvalue weighted by Crippen LogP contribution is 2.14. The molecule has 92 valence electrons. The second kappa shape index (κ2) is 6.03. The number of carbonyl (C=O) groups excluding carboxylic acids is 2. The lowest BCUT2D eigenvalue weighted by molar-refractivity contribution is -0.124. The quantitative estimate of drug-likeness (QED) is 0.811. The molecule has 0 aliphatic carbocycles. The molecular formula is C13H17NO3. The molecule has 0 saturated heterocycles. The number of carbonyl (C=O) groups is 2. The third kappa shape index (κ3) is 4.68. The third-order valence-corrected chi connectivity index (χ3v) is 2.40. The first-order chi connectivity index (χ1) is 7.99. The predicted octanol–water partition coefficient (Wildman–Crippen LogP) is 1.46. The highest BCUT2D eigenvalue weighted by molar-refractivity contribution is 5.78. The van der Waals surface area contributed by atoms with Crippen molar-refractivity contribution >= 4 is 11.7 Å². The third-order valence-electron chi connectivity index (χ3n) is 2.40. The fourth-order valence-electron chi connectivity index (χ4n) is 1.32. The number of aryl methyl sites for hydroxylation is 1. The molecule has 4 nitrogen and oxygen atoms in total. The molecule has 17 heavy (non-hydrogen) atoms. The Bertz CT molecular complexity index is 398. The summed E-state index contributed by atoms with van der Waals surface area (Å²) in [7, 11) is 0. The number of rotatable bonds is 6. The molecule has 1 aromatic carbocycles. The lowest BCUT2D eigenvalue weighted by atomic mass is 10.1. The molecule has 0 spiro atoms. The number of hydrogen-bond donors (Lipinski definition) is 1. The van der Waals surface area contributed by atoms with E-state index in [4.69, 9.17) is 10.5 Å². The fourth-order valence-corrected chi connectivity index (χ4v) is 1.32. The zero-order chi connectivity index (χ0) is 12.8. The molecule has 1 atom stereocenters. The number of Topliss-reactive ketones (excluding diaryl/α,β-unsaturated/α-hetero) is 1. The molecular weight excluding hydrogens is 218 g/mol. The van der Waals surface area contributed by atoms with Gasteiger partial charge in [0, 0.05) is 6.42 Å². The van der Waals surface area contributed by atoms with Gasteiger partial charge in [0.2, 0.25) is 0 Å². The Morgan fingerprint density at radius 1 is 1.29 bits per heavy atom. The maximum Gasteiger partial charge on any atom is 0.258 e. The van der Waals surface area contributed by atoms with Gasteiger partial charge in [-0.05, 0) is 38.0 Å². The number of ether oxygens (including phenoxy) is 1. The SMILES string of the molecule is CC(=O)CCc1ccc(OC(C)C(N)=O)cc1. The van der Waals surface area contributed by atoms with Gasteiger partial charge in [-0.3, -0.25) is 4.79 Å². The summed E-state index contributed by atoms with van der Waals surface area (Å²) < 4.78 is 5.31. The van der Waals surface area contributed by atoms with E-state index in [2.05, 4.69) is 0 Å². The van der Waals surface area contributed by atoms with Crippen molar-refractivity contribution in [3.8, 4) is 5.75 Å². The van der Waals surface area contributed by atoms with Crippen LogP contribution in [0, 0.1) is 0 Å². The van der Waals surface area contributed by atoms with E-state index in [9.17, 15) is 9.59 Å². The number of primary amides is 1. The number of hydrogen-bond acceptors (Lipinski definition) is 3. The smallest absolute Gasteiger partial charge is 0.258 e. The first-order valence-electron chi connectivity index (χ1n) is 5.53. The van der Waals surface area contributed by atoms with Gasteiger partial charge in [-0.15, -0.1) is 0 Å². The maximum atomic E-state index is 10.8. The van der Waals surface area contributed by atoms with E-state index in [1.807, 2.05) is 12.1 Å². The van der Waals surface area contributed by atoms with Gasteiger partial charge in [0.15, 0.2) is 6.10 Å². The van der Waals surface area contributed by atoms with Gasteiger partial charge < -0.3 is 15.3 Å². The standard InChI is InChI=1S/C13H17NO3/c1-9(15)3-4-11-5-7-12(8-6-11)17-10(2)13(14)16/h5-8,10H,3-4H2,1-2H3,(H2,14,16). The number of nitrogens with two attached hydrogens (primary N) is 1. The van der Waals surface area contributed by atoms with E-state index >= 15 is 0 Å². The molecule has 1 amide bonds. The summed E-state index contributed by atoms with van der Waals surface area (Å²) in [6.07, 6.45) is 0.622. The zero-order valence-electron chi connectivity index (χ0n) is 10.1. The van der Waals surface area contributed by atoms with Crippen molar-refractivity contribution in [2.75, 3.05) is 0 Å². The second-order valence-electron chi connectivity index (χ2n) is 4.01. The fraction of sp³-hybridized carbons (Fsp3) is 0.385. The largest absolute Gasteiger partial charge is 0.481 e. The van der Waals surface area contributed by atoms with E-state index in [1.165, 1.54) is 0 Å². The zero-order valence-corrected chi connectivity index (χ0v) is 10.1. The van der Waals surface area contributed by atoms with Crippen molar-refractivity contribution in [3.63, 3.8) is 0 Å². The summed E-state index contributed by atoms with van der Waals surface area (Å²) in [4.78, 5) is 21.6. The van der Waals surface area contributed by atoms with Crippen LogP contribution in [0.2, 0.25) is 0 Å². The van der Waals surface area contributed by atoms with Crippen LogP contribution in [0.5, 0.6) is 5.75 Å². The molecule has 0 radical (unpaired) electrons. The molecule has 1 unspecified atom stereocenters. The van der Waals surface area contributed by atoms with Gasteiger partial charge in [-0.2, -0.15) is 0 Å². The van der Waals surface area contributed by atoms with E-state index in [1.54, 1.807) is 26.0 Å². The molecule has 1 aromatic rings. The van der Waals surface area contributed by atoms with Crippen molar-refractivity contribution in [1.29, 1.82) is 0 Å². The van der Waals surface area contributed by atoms with Gasteiger partial charge in [-0.25, -0.2) is 0 Å². The van der Waals surface area contributed by atoms with Crippen LogP contribution in [-0.4, -0.2) is 17.8 Å². The summed E-state index contributed by atoms with van der Waals surface area (Å²) in [6.45, 7) is 3.18. The Labute approximate surface area is 101 Å². The second-order valence-corrected chi connectivity index (χ2v) is 4.01. The lowest BCUT2D eigenvalue weighted by Gasteiger charge is -2.11. The molecule has 0 aromatic heterocycles. The summed E-state index contributed by atoms with van der Waals surface area (Å²) in [5.41, 5.74) is 6.16. The van der Waals surface area contributed by atoms with Crippen LogP contribution in [0.15, 0.2) is 24.3 Å². The minimum atomic E-state index is -0.641. The molecule has 0 aliphatic heterocycles. The van der Waals surface area contributed by atoms with Gasteiger partial charge in [0.05, 0.1) is 0 Å². The molecule has 4 heteroatoms. The van der Waals surface area contributed by atoms with E-state index in [-0.39, 0.29) is 5.78 Å². The minimum Gasteiger partial charge on any atom is -0.481 e.